The summed E-state index contributed by atoms with van der Waals surface area (Å²) in [5, 5.41) is 3.22. The fourth-order valence-corrected chi connectivity index (χ4v) is 4.99. The number of anilines is 2. The lowest BCUT2D eigenvalue weighted by Crippen LogP contribution is -2.24. The molecule has 0 spiro atoms. The van der Waals surface area contributed by atoms with Gasteiger partial charge in [0.05, 0.1) is 10.1 Å². The maximum absolute atomic E-state index is 12.7. The maximum atomic E-state index is 12.7. The largest absolute Gasteiger partial charge is 0.325 e. The molecule has 1 atom stereocenters. The van der Waals surface area contributed by atoms with Gasteiger partial charge in [-0.05, 0) is 79.6 Å². The van der Waals surface area contributed by atoms with Crippen molar-refractivity contribution in [1.82, 2.24) is 0 Å². The van der Waals surface area contributed by atoms with E-state index in [9.17, 15) is 13.2 Å². The van der Waals surface area contributed by atoms with Gasteiger partial charge >= 0.3 is 0 Å². The second-order valence-electron chi connectivity index (χ2n) is 6.96. The lowest BCUT2D eigenvalue weighted by Gasteiger charge is -2.15. The summed E-state index contributed by atoms with van der Waals surface area (Å²) in [4.78, 5) is 13.8. The highest BCUT2D eigenvalue weighted by molar-refractivity contribution is 8.00. The summed E-state index contributed by atoms with van der Waals surface area (Å²) in [6.45, 7) is 3.84. The molecule has 0 aliphatic carbocycles. The molecule has 1 amide bonds. The first-order chi connectivity index (χ1) is 14.8. The zero-order chi connectivity index (χ0) is 22.4. The maximum Gasteiger partial charge on any atom is 0.261 e. The topological polar surface area (TPSA) is 75.3 Å². The van der Waals surface area contributed by atoms with Crippen LogP contribution in [0.15, 0.2) is 82.6 Å². The van der Waals surface area contributed by atoms with E-state index in [1.165, 1.54) is 23.9 Å². The van der Waals surface area contributed by atoms with Crippen molar-refractivity contribution in [2.24, 2.45) is 0 Å². The van der Waals surface area contributed by atoms with Gasteiger partial charge in [-0.2, -0.15) is 0 Å². The summed E-state index contributed by atoms with van der Waals surface area (Å²) in [5.74, 6) is -0.143. The predicted octanol–water partition coefficient (Wildman–Crippen LogP) is 5.96. The summed E-state index contributed by atoms with van der Waals surface area (Å²) < 4.78 is 27.8. The molecule has 0 saturated carbocycles. The molecule has 0 fully saturated rings. The lowest BCUT2D eigenvalue weighted by atomic mass is 10.2. The zero-order valence-corrected chi connectivity index (χ0v) is 19.5. The van der Waals surface area contributed by atoms with Gasteiger partial charge in [-0.1, -0.05) is 30.7 Å². The van der Waals surface area contributed by atoms with Gasteiger partial charge < -0.3 is 5.32 Å². The summed E-state index contributed by atoms with van der Waals surface area (Å²) >= 11 is 7.37. The molecule has 0 bridgehead atoms. The number of carbonyl (C=O) groups excluding carboxylic acids is 1. The number of sulfonamides is 1. The Morgan fingerprint density at radius 2 is 1.68 bits per heavy atom. The van der Waals surface area contributed by atoms with Gasteiger partial charge in [-0.15, -0.1) is 11.8 Å². The second kappa shape index (κ2) is 10.2. The molecule has 3 aromatic carbocycles. The second-order valence-corrected chi connectivity index (χ2v) is 10.4. The molecule has 162 valence electrons. The van der Waals surface area contributed by atoms with Crippen LogP contribution in [-0.2, 0) is 14.8 Å². The first kappa shape index (κ1) is 23.2. The molecular weight excluding hydrogens is 452 g/mol. The smallest absolute Gasteiger partial charge is 0.261 e. The normalized spacial score (nSPS) is 12.2. The summed E-state index contributed by atoms with van der Waals surface area (Å²) in [5.41, 5.74) is 2.00. The number of hydrogen-bond donors (Lipinski definition) is 2. The van der Waals surface area contributed by atoms with Gasteiger partial charge in [0.1, 0.15) is 0 Å². The molecule has 3 aromatic rings. The van der Waals surface area contributed by atoms with Crippen LogP contribution in [0.2, 0.25) is 5.02 Å². The number of rotatable bonds is 8. The van der Waals surface area contributed by atoms with E-state index < -0.39 is 10.0 Å². The first-order valence-electron chi connectivity index (χ1n) is 9.69. The molecule has 0 saturated heterocycles. The average molecular weight is 475 g/mol. The van der Waals surface area contributed by atoms with Gasteiger partial charge in [0.25, 0.3) is 10.0 Å². The molecule has 0 aliphatic rings. The van der Waals surface area contributed by atoms with E-state index in [-0.39, 0.29) is 16.1 Å². The van der Waals surface area contributed by atoms with Crippen molar-refractivity contribution in [2.45, 2.75) is 35.3 Å². The van der Waals surface area contributed by atoms with E-state index in [0.717, 1.165) is 10.5 Å². The molecule has 0 aromatic heterocycles. The number of benzene rings is 3. The van der Waals surface area contributed by atoms with Gasteiger partial charge in [-0.3, -0.25) is 9.52 Å². The Morgan fingerprint density at radius 1 is 1.00 bits per heavy atom. The van der Waals surface area contributed by atoms with E-state index in [2.05, 4.69) is 10.0 Å². The molecule has 0 aliphatic heterocycles. The van der Waals surface area contributed by atoms with Crippen LogP contribution in [0.4, 0.5) is 11.4 Å². The first-order valence-corrected chi connectivity index (χ1v) is 12.4. The summed E-state index contributed by atoms with van der Waals surface area (Å²) in [6.07, 6.45) is 0.645. The minimum Gasteiger partial charge on any atom is -0.325 e. The highest BCUT2D eigenvalue weighted by atomic mass is 35.5. The van der Waals surface area contributed by atoms with E-state index in [4.69, 9.17) is 11.6 Å². The fraction of sp³-hybridized carbons (Fsp3) is 0.174. The van der Waals surface area contributed by atoms with Crippen LogP contribution in [0.25, 0.3) is 0 Å². The van der Waals surface area contributed by atoms with E-state index in [0.29, 0.717) is 22.8 Å². The van der Waals surface area contributed by atoms with Crippen molar-refractivity contribution in [2.75, 3.05) is 10.0 Å². The summed E-state index contributed by atoms with van der Waals surface area (Å²) in [6, 6.07) is 20.6. The number of aryl methyl sites for hydroxylation is 1. The Balaban J connectivity index is 1.66. The number of nitrogens with one attached hydrogen (secondary N) is 2. The standard InChI is InChI=1S/C23H23ClN2O3S2/c1-3-22(30-20-11-7-17(24)8-12-20)23(27)25-18-9-13-21(14-10-18)31(28,29)26-19-6-4-5-16(2)15-19/h4-15,22,26H,3H2,1-2H3,(H,25,27). The average Bonchev–Trinajstić information content (AvgIpc) is 2.73. The molecule has 3 rings (SSSR count). The lowest BCUT2D eigenvalue weighted by molar-refractivity contribution is -0.115. The SMILES string of the molecule is CCC(Sc1ccc(Cl)cc1)C(=O)Nc1ccc(S(=O)(=O)Nc2cccc(C)c2)cc1. The van der Waals surface area contributed by atoms with Gasteiger partial charge in [0.2, 0.25) is 5.91 Å². The monoisotopic (exact) mass is 474 g/mol. The van der Waals surface area contributed by atoms with Gasteiger partial charge in [-0.25, -0.2) is 8.42 Å². The molecular formula is C23H23ClN2O3S2. The van der Waals surface area contributed by atoms with Gasteiger partial charge in [0, 0.05) is 21.3 Å². The third-order valence-electron chi connectivity index (χ3n) is 4.46. The van der Waals surface area contributed by atoms with E-state index >= 15 is 0 Å². The molecule has 0 radical (unpaired) electrons. The van der Waals surface area contributed by atoms with Crippen LogP contribution in [0.3, 0.4) is 0 Å². The Kier molecular flexibility index (Phi) is 7.64. The van der Waals surface area contributed by atoms with Crippen LogP contribution in [0, 0.1) is 6.92 Å². The highest BCUT2D eigenvalue weighted by Gasteiger charge is 2.19. The molecule has 31 heavy (non-hydrogen) atoms. The number of thioether (sulfide) groups is 1. The van der Waals surface area contributed by atoms with Crippen molar-refractivity contribution in [3.05, 3.63) is 83.4 Å². The third kappa shape index (κ3) is 6.50. The van der Waals surface area contributed by atoms with Crippen LogP contribution < -0.4 is 10.0 Å². The molecule has 8 heteroatoms. The van der Waals surface area contributed by atoms with Crippen LogP contribution in [-0.4, -0.2) is 19.6 Å². The number of hydrogen-bond acceptors (Lipinski definition) is 4. The Hall–Kier alpha value is -2.48. The van der Waals surface area contributed by atoms with Gasteiger partial charge in [0.15, 0.2) is 0 Å². The van der Waals surface area contributed by atoms with E-state index in [1.54, 1.807) is 42.5 Å². The summed E-state index contributed by atoms with van der Waals surface area (Å²) in [7, 11) is -3.72. The van der Waals surface area contributed by atoms with Crippen molar-refractivity contribution in [1.29, 1.82) is 0 Å². The number of carbonyl (C=O) groups is 1. The van der Waals surface area contributed by atoms with Crippen molar-refractivity contribution >= 4 is 50.7 Å². The molecule has 2 N–H and O–H groups in total. The Morgan fingerprint density at radius 3 is 2.29 bits per heavy atom. The van der Waals surface area contributed by atoms with Crippen LogP contribution >= 0.6 is 23.4 Å². The minimum atomic E-state index is -3.72. The van der Waals surface area contributed by atoms with Crippen molar-refractivity contribution in [3.8, 4) is 0 Å². The fourth-order valence-electron chi connectivity index (χ4n) is 2.86. The van der Waals surface area contributed by atoms with Crippen molar-refractivity contribution in [3.63, 3.8) is 0 Å². The number of halogens is 1. The molecule has 5 nitrogen and oxygen atoms in total. The quantitative estimate of drug-likeness (QED) is 0.395. The number of amides is 1. The predicted molar refractivity (Wildman–Crippen MR) is 128 cm³/mol. The minimum absolute atomic E-state index is 0.120. The Bertz CT molecular complexity index is 1150. The molecule has 1 unspecified atom stereocenters. The van der Waals surface area contributed by atoms with Crippen molar-refractivity contribution < 1.29 is 13.2 Å². The molecule has 0 heterocycles. The Labute approximate surface area is 192 Å². The third-order valence-corrected chi connectivity index (χ3v) is 7.48. The zero-order valence-electron chi connectivity index (χ0n) is 17.1. The highest BCUT2D eigenvalue weighted by Crippen LogP contribution is 2.28. The van der Waals surface area contributed by atoms with E-state index in [1.807, 2.05) is 32.0 Å². The van der Waals surface area contributed by atoms with Crippen LogP contribution in [0.1, 0.15) is 18.9 Å². The van der Waals surface area contributed by atoms with Crippen LogP contribution in [0.5, 0.6) is 0 Å².